The first-order valence-electron chi connectivity index (χ1n) is 7.65. The van der Waals surface area contributed by atoms with Gasteiger partial charge in [-0.1, -0.05) is 0 Å². The van der Waals surface area contributed by atoms with E-state index in [0.29, 0.717) is 12.6 Å². The largest absolute Gasteiger partial charge is 0.357 e. The van der Waals surface area contributed by atoms with Gasteiger partial charge in [0.05, 0.1) is 12.2 Å². The SMILES string of the molecule is CCNC(=NCc1ccnn1C)NC(C)Cc1ccc(C)s1.I. The lowest BCUT2D eigenvalue weighted by Crippen LogP contribution is -2.43. The van der Waals surface area contributed by atoms with E-state index in [4.69, 9.17) is 0 Å². The minimum absolute atomic E-state index is 0. The lowest BCUT2D eigenvalue weighted by atomic mass is 10.2. The summed E-state index contributed by atoms with van der Waals surface area (Å²) in [6.45, 7) is 7.88. The Balaban J connectivity index is 0.00000264. The lowest BCUT2D eigenvalue weighted by Gasteiger charge is -2.17. The summed E-state index contributed by atoms with van der Waals surface area (Å²) in [4.78, 5) is 7.40. The first-order chi connectivity index (χ1) is 10.6. The van der Waals surface area contributed by atoms with Gasteiger partial charge in [0.2, 0.25) is 0 Å². The molecule has 0 saturated carbocycles. The smallest absolute Gasteiger partial charge is 0.191 e. The van der Waals surface area contributed by atoms with Crippen molar-refractivity contribution in [2.24, 2.45) is 12.0 Å². The maximum Gasteiger partial charge on any atom is 0.191 e. The van der Waals surface area contributed by atoms with Gasteiger partial charge in [0.15, 0.2) is 5.96 Å². The topological polar surface area (TPSA) is 54.2 Å². The molecule has 0 aromatic carbocycles. The van der Waals surface area contributed by atoms with Crippen LogP contribution in [0.3, 0.4) is 0 Å². The van der Waals surface area contributed by atoms with E-state index in [2.05, 4.69) is 53.6 Å². The first kappa shape index (κ1) is 20.0. The Morgan fingerprint density at radius 2 is 2.17 bits per heavy atom. The van der Waals surface area contributed by atoms with Crippen LogP contribution < -0.4 is 10.6 Å². The van der Waals surface area contributed by atoms with Crippen molar-refractivity contribution in [2.45, 2.75) is 39.8 Å². The summed E-state index contributed by atoms with van der Waals surface area (Å²) in [7, 11) is 1.94. The monoisotopic (exact) mass is 447 g/mol. The molecule has 0 saturated heterocycles. The minimum Gasteiger partial charge on any atom is -0.357 e. The third-order valence-corrected chi connectivity index (χ3v) is 4.38. The quantitative estimate of drug-likeness (QED) is 0.407. The van der Waals surface area contributed by atoms with Gasteiger partial charge in [-0.25, -0.2) is 4.99 Å². The average Bonchev–Trinajstić information content (AvgIpc) is 3.05. The third-order valence-electron chi connectivity index (χ3n) is 3.35. The van der Waals surface area contributed by atoms with Crippen molar-refractivity contribution < 1.29 is 0 Å². The summed E-state index contributed by atoms with van der Waals surface area (Å²) in [5.41, 5.74) is 1.10. The maximum atomic E-state index is 4.64. The number of nitrogens with one attached hydrogen (secondary N) is 2. The van der Waals surface area contributed by atoms with Crippen LogP contribution in [0.15, 0.2) is 29.4 Å². The number of halogens is 1. The number of rotatable bonds is 6. The summed E-state index contributed by atoms with van der Waals surface area (Å²) in [6, 6.07) is 6.71. The van der Waals surface area contributed by atoms with E-state index in [1.54, 1.807) is 6.20 Å². The summed E-state index contributed by atoms with van der Waals surface area (Å²) in [5, 5.41) is 10.9. The fraction of sp³-hybridized carbons (Fsp3) is 0.500. The van der Waals surface area contributed by atoms with Gasteiger partial charge in [-0.15, -0.1) is 35.3 Å². The van der Waals surface area contributed by atoms with Crippen LogP contribution in [-0.4, -0.2) is 28.3 Å². The lowest BCUT2D eigenvalue weighted by molar-refractivity contribution is 0.642. The van der Waals surface area contributed by atoms with Gasteiger partial charge in [0.1, 0.15) is 0 Å². The molecule has 2 rings (SSSR count). The highest BCUT2D eigenvalue weighted by Gasteiger charge is 2.08. The van der Waals surface area contributed by atoms with Crippen molar-refractivity contribution in [3.05, 3.63) is 39.8 Å². The fourth-order valence-electron chi connectivity index (χ4n) is 2.22. The molecule has 23 heavy (non-hydrogen) atoms. The molecule has 0 aliphatic rings. The summed E-state index contributed by atoms with van der Waals surface area (Å²) in [5.74, 6) is 0.851. The Morgan fingerprint density at radius 1 is 1.39 bits per heavy atom. The predicted molar refractivity (Wildman–Crippen MR) is 109 cm³/mol. The van der Waals surface area contributed by atoms with Crippen molar-refractivity contribution in [1.82, 2.24) is 20.4 Å². The second kappa shape index (κ2) is 9.92. The molecule has 0 bridgehead atoms. The van der Waals surface area contributed by atoms with Gasteiger partial charge in [0.25, 0.3) is 0 Å². The maximum absolute atomic E-state index is 4.64. The highest BCUT2D eigenvalue weighted by atomic mass is 127. The zero-order chi connectivity index (χ0) is 15.9. The van der Waals surface area contributed by atoms with Gasteiger partial charge >= 0.3 is 0 Å². The van der Waals surface area contributed by atoms with Crippen molar-refractivity contribution >= 4 is 41.3 Å². The van der Waals surface area contributed by atoms with Gasteiger partial charge in [-0.05, 0) is 39.0 Å². The Labute approximate surface area is 159 Å². The number of hydrogen-bond acceptors (Lipinski definition) is 3. The average molecular weight is 447 g/mol. The van der Waals surface area contributed by atoms with Gasteiger partial charge in [-0.2, -0.15) is 5.10 Å². The van der Waals surface area contributed by atoms with Crippen molar-refractivity contribution in [3.63, 3.8) is 0 Å². The van der Waals surface area contributed by atoms with Crippen LogP contribution in [0.5, 0.6) is 0 Å². The molecule has 2 aromatic heterocycles. The summed E-state index contributed by atoms with van der Waals surface area (Å²) >= 11 is 1.86. The number of aliphatic imine (C=N–C) groups is 1. The molecule has 1 atom stereocenters. The van der Waals surface area contributed by atoms with Gasteiger partial charge in [-0.3, -0.25) is 4.68 Å². The summed E-state index contributed by atoms with van der Waals surface area (Å²) < 4.78 is 1.85. The van der Waals surface area contributed by atoms with Crippen LogP contribution in [-0.2, 0) is 20.0 Å². The Kier molecular flexibility index (Phi) is 8.60. The molecule has 0 amide bonds. The molecule has 1 unspecified atom stereocenters. The molecule has 0 spiro atoms. The molecule has 0 aliphatic heterocycles. The molecule has 2 heterocycles. The molecular weight excluding hydrogens is 421 g/mol. The highest BCUT2D eigenvalue weighted by Crippen LogP contribution is 2.16. The van der Waals surface area contributed by atoms with Crippen molar-refractivity contribution in [2.75, 3.05) is 6.54 Å². The zero-order valence-electron chi connectivity index (χ0n) is 14.2. The fourth-order valence-corrected chi connectivity index (χ4v) is 3.24. The zero-order valence-corrected chi connectivity index (χ0v) is 17.3. The molecule has 2 N–H and O–H groups in total. The van der Waals surface area contributed by atoms with E-state index in [1.165, 1.54) is 9.75 Å². The molecule has 0 aliphatic carbocycles. The number of nitrogens with zero attached hydrogens (tertiary/aromatic N) is 3. The number of guanidine groups is 1. The molecular formula is C16H26IN5S. The van der Waals surface area contributed by atoms with Gasteiger partial charge in [0, 0.05) is 42.0 Å². The van der Waals surface area contributed by atoms with E-state index in [1.807, 2.05) is 29.1 Å². The third kappa shape index (κ3) is 6.50. The van der Waals surface area contributed by atoms with Crippen LogP contribution in [0.4, 0.5) is 0 Å². The van der Waals surface area contributed by atoms with E-state index >= 15 is 0 Å². The van der Waals surface area contributed by atoms with E-state index in [9.17, 15) is 0 Å². The van der Waals surface area contributed by atoms with Crippen LogP contribution in [0.25, 0.3) is 0 Å². The van der Waals surface area contributed by atoms with Crippen LogP contribution >= 0.6 is 35.3 Å². The molecule has 0 radical (unpaired) electrons. The molecule has 128 valence electrons. The number of thiophene rings is 1. The van der Waals surface area contributed by atoms with Gasteiger partial charge < -0.3 is 10.6 Å². The Bertz CT molecular complexity index is 620. The standard InChI is InChI=1S/C16H25N5S.HI/c1-5-17-16(18-11-14-8-9-19-21(14)4)20-12(2)10-15-7-6-13(3)22-15;/h6-9,12H,5,10-11H2,1-4H3,(H2,17,18,20);1H. The molecule has 5 nitrogen and oxygen atoms in total. The second-order valence-electron chi connectivity index (χ2n) is 5.40. The number of aryl methyl sites for hydroxylation is 2. The van der Waals surface area contributed by atoms with E-state index in [-0.39, 0.29) is 24.0 Å². The summed E-state index contributed by atoms with van der Waals surface area (Å²) in [6.07, 6.45) is 2.81. The van der Waals surface area contributed by atoms with Crippen molar-refractivity contribution in [3.8, 4) is 0 Å². The van der Waals surface area contributed by atoms with Crippen LogP contribution in [0.1, 0.15) is 29.3 Å². The molecule has 7 heteroatoms. The Morgan fingerprint density at radius 3 is 2.74 bits per heavy atom. The van der Waals surface area contributed by atoms with Crippen LogP contribution in [0, 0.1) is 6.92 Å². The molecule has 0 fully saturated rings. The van der Waals surface area contributed by atoms with Crippen LogP contribution in [0.2, 0.25) is 0 Å². The second-order valence-corrected chi connectivity index (χ2v) is 6.78. The first-order valence-corrected chi connectivity index (χ1v) is 8.47. The Hall–Kier alpha value is -1.09. The highest BCUT2D eigenvalue weighted by molar-refractivity contribution is 14.0. The molecule has 2 aromatic rings. The van der Waals surface area contributed by atoms with E-state index < -0.39 is 0 Å². The minimum atomic E-state index is 0. The number of aromatic nitrogens is 2. The van der Waals surface area contributed by atoms with Crippen molar-refractivity contribution in [1.29, 1.82) is 0 Å². The normalized spacial score (nSPS) is 12.6. The predicted octanol–water partition coefficient (Wildman–Crippen LogP) is 3.09. The van der Waals surface area contributed by atoms with E-state index in [0.717, 1.165) is 24.6 Å². The number of hydrogen-bond donors (Lipinski definition) is 2.